The molecule has 1 unspecified atom stereocenters. The molecule has 30 heavy (non-hydrogen) atoms. The monoisotopic (exact) mass is 407 g/mol. The second kappa shape index (κ2) is 8.03. The number of carbonyl (C=O) groups excluding carboxylic acids is 1. The molecule has 1 atom stereocenters. The number of nitrogens with zero attached hydrogens (tertiary/aromatic N) is 4. The van der Waals surface area contributed by atoms with Gasteiger partial charge in [0.15, 0.2) is 0 Å². The van der Waals surface area contributed by atoms with Gasteiger partial charge >= 0.3 is 6.03 Å². The maximum absolute atomic E-state index is 13.5. The van der Waals surface area contributed by atoms with Crippen LogP contribution in [-0.2, 0) is 0 Å². The van der Waals surface area contributed by atoms with Crippen LogP contribution in [0.4, 0.5) is 15.0 Å². The van der Waals surface area contributed by atoms with E-state index in [1.165, 1.54) is 12.1 Å². The van der Waals surface area contributed by atoms with Crippen LogP contribution in [0, 0.1) is 24.1 Å². The van der Waals surface area contributed by atoms with Crippen LogP contribution in [-0.4, -0.2) is 42.1 Å². The van der Waals surface area contributed by atoms with Crippen LogP contribution in [0.25, 0.3) is 11.0 Å². The molecule has 2 amide bonds. The first-order valence-electron chi connectivity index (χ1n) is 9.82. The van der Waals surface area contributed by atoms with Crippen LogP contribution in [0.15, 0.2) is 40.9 Å². The standard InChI is InChI=1S/C22H22FN5O2/c1-14-18-12-17(23)5-6-19(18)30-20(14)15(2)26-22(29)28-10-8-27(9-11-28)21-16(13-24)4-3-7-25-21/h3-7,12,15H,8-11H2,1-2H3,(H,26,29). The molecule has 4 rings (SSSR count). The Hall–Kier alpha value is -3.60. The molecule has 1 fully saturated rings. The lowest BCUT2D eigenvalue weighted by atomic mass is 10.1. The number of piperazine rings is 1. The number of benzene rings is 1. The summed E-state index contributed by atoms with van der Waals surface area (Å²) in [7, 11) is 0. The molecule has 8 heteroatoms. The molecule has 1 saturated heterocycles. The maximum Gasteiger partial charge on any atom is 0.318 e. The van der Waals surface area contributed by atoms with Crippen LogP contribution in [0.3, 0.4) is 0 Å². The van der Waals surface area contributed by atoms with Crippen molar-refractivity contribution >= 4 is 22.8 Å². The minimum atomic E-state index is -0.355. The smallest absolute Gasteiger partial charge is 0.318 e. The predicted octanol–water partition coefficient (Wildman–Crippen LogP) is 3.74. The highest BCUT2D eigenvalue weighted by Crippen LogP contribution is 2.30. The fourth-order valence-electron chi connectivity index (χ4n) is 3.82. The van der Waals surface area contributed by atoms with Gasteiger partial charge in [0.2, 0.25) is 0 Å². The number of urea groups is 1. The zero-order valence-corrected chi connectivity index (χ0v) is 16.9. The number of amides is 2. The number of fused-ring (bicyclic) bond motifs is 1. The SMILES string of the molecule is Cc1c(C(C)NC(=O)N2CCN(c3ncccc3C#N)CC2)oc2ccc(F)cc12. The fraction of sp³-hybridized carbons (Fsp3) is 0.318. The highest BCUT2D eigenvalue weighted by molar-refractivity contribution is 5.82. The lowest BCUT2D eigenvalue weighted by molar-refractivity contribution is 0.189. The number of halogens is 1. The summed E-state index contributed by atoms with van der Waals surface area (Å²) in [5.74, 6) is 0.952. The largest absolute Gasteiger partial charge is 0.459 e. The molecule has 0 aliphatic carbocycles. The lowest BCUT2D eigenvalue weighted by Crippen LogP contribution is -2.52. The molecule has 0 radical (unpaired) electrons. The molecule has 3 heterocycles. The van der Waals surface area contributed by atoms with Crippen molar-refractivity contribution in [2.75, 3.05) is 31.1 Å². The summed E-state index contributed by atoms with van der Waals surface area (Å²) in [5.41, 5.74) is 1.95. The average molecular weight is 407 g/mol. The van der Waals surface area contributed by atoms with Crippen molar-refractivity contribution in [3.8, 4) is 6.07 Å². The molecule has 0 saturated carbocycles. The van der Waals surface area contributed by atoms with Gasteiger partial charge in [-0.25, -0.2) is 14.2 Å². The van der Waals surface area contributed by atoms with Crippen LogP contribution in [0.1, 0.15) is 29.9 Å². The summed E-state index contributed by atoms with van der Waals surface area (Å²) >= 11 is 0. The van der Waals surface area contributed by atoms with E-state index in [0.717, 1.165) is 5.56 Å². The Morgan fingerprint density at radius 2 is 2.07 bits per heavy atom. The second-order valence-corrected chi connectivity index (χ2v) is 7.36. The summed E-state index contributed by atoms with van der Waals surface area (Å²) < 4.78 is 19.4. The van der Waals surface area contributed by atoms with Crippen molar-refractivity contribution in [3.63, 3.8) is 0 Å². The summed E-state index contributed by atoms with van der Waals surface area (Å²) in [6.07, 6.45) is 1.67. The number of aryl methyl sites for hydroxylation is 1. The topological polar surface area (TPSA) is 85.4 Å². The lowest BCUT2D eigenvalue weighted by Gasteiger charge is -2.36. The van der Waals surface area contributed by atoms with Gasteiger partial charge in [0.25, 0.3) is 0 Å². The summed E-state index contributed by atoms with van der Waals surface area (Å²) in [6, 6.07) is 9.50. The normalized spacial score (nSPS) is 15.1. The molecule has 0 spiro atoms. The zero-order chi connectivity index (χ0) is 21.3. The van der Waals surface area contributed by atoms with E-state index in [1.54, 1.807) is 29.3 Å². The molecule has 0 bridgehead atoms. The first-order chi connectivity index (χ1) is 14.5. The van der Waals surface area contributed by atoms with Gasteiger partial charge in [-0.3, -0.25) is 0 Å². The van der Waals surface area contributed by atoms with Gasteiger partial charge in [-0.1, -0.05) is 0 Å². The average Bonchev–Trinajstić information content (AvgIpc) is 3.09. The van der Waals surface area contributed by atoms with Gasteiger partial charge in [-0.05, 0) is 44.2 Å². The van der Waals surface area contributed by atoms with E-state index in [0.29, 0.717) is 54.3 Å². The van der Waals surface area contributed by atoms with Gasteiger partial charge in [-0.15, -0.1) is 0 Å². The number of rotatable bonds is 3. The highest BCUT2D eigenvalue weighted by Gasteiger charge is 2.26. The van der Waals surface area contributed by atoms with Crippen molar-refractivity contribution in [1.29, 1.82) is 5.26 Å². The number of nitriles is 1. The minimum Gasteiger partial charge on any atom is -0.459 e. The first-order valence-corrected chi connectivity index (χ1v) is 9.82. The molecule has 3 aromatic rings. The molecule has 154 valence electrons. The van der Waals surface area contributed by atoms with E-state index in [2.05, 4.69) is 16.4 Å². The molecular formula is C22H22FN5O2. The van der Waals surface area contributed by atoms with E-state index >= 15 is 0 Å². The summed E-state index contributed by atoms with van der Waals surface area (Å²) in [6.45, 7) is 5.94. The Bertz CT molecular complexity index is 1130. The van der Waals surface area contributed by atoms with Crippen molar-refractivity contribution in [2.24, 2.45) is 0 Å². The van der Waals surface area contributed by atoms with Crippen molar-refractivity contribution in [3.05, 3.63) is 59.2 Å². The first kappa shape index (κ1) is 19.7. The number of furan rings is 1. The van der Waals surface area contributed by atoms with E-state index in [9.17, 15) is 14.4 Å². The van der Waals surface area contributed by atoms with Crippen molar-refractivity contribution < 1.29 is 13.6 Å². The number of pyridine rings is 1. The molecule has 1 aliphatic rings. The number of hydrogen-bond acceptors (Lipinski definition) is 5. The Kier molecular flexibility index (Phi) is 5.27. The van der Waals surface area contributed by atoms with Crippen molar-refractivity contribution in [2.45, 2.75) is 19.9 Å². The zero-order valence-electron chi connectivity index (χ0n) is 16.9. The third-order valence-corrected chi connectivity index (χ3v) is 5.44. The number of aromatic nitrogens is 1. The van der Waals surface area contributed by atoms with E-state index in [-0.39, 0.29) is 17.9 Å². The van der Waals surface area contributed by atoms with Crippen LogP contribution >= 0.6 is 0 Å². The van der Waals surface area contributed by atoms with Gasteiger partial charge in [-0.2, -0.15) is 5.26 Å². The van der Waals surface area contributed by atoms with E-state index < -0.39 is 0 Å². The predicted molar refractivity (Wildman–Crippen MR) is 111 cm³/mol. The van der Waals surface area contributed by atoms with Crippen LogP contribution in [0.5, 0.6) is 0 Å². The van der Waals surface area contributed by atoms with Gasteiger partial charge < -0.3 is 19.5 Å². The number of carbonyl (C=O) groups is 1. The number of anilines is 1. The van der Waals surface area contributed by atoms with Gasteiger partial charge in [0.1, 0.15) is 29.0 Å². The third kappa shape index (κ3) is 3.66. The number of hydrogen-bond donors (Lipinski definition) is 1. The quantitative estimate of drug-likeness (QED) is 0.715. The Labute approximate surface area is 173 Å². The Morgan fingerprint density at radius 3 is 2.80 bits per heavy atom. The van der Waals surface area contributed by atoms with Crippen LogP contribution in [0.2, 0.25) is 0 Å². The molecule has 1 N–H and O–H groups in total. The summed E-state index contributed by atoms with van der Waals surface area (Å²) in [4.78, 5) is 20.8. The molecule has 1 aromatic carbocycles. The van der Waals surface area contributed by atoms with Gasteiger partial charge in [0.05, 0.1) is 11.6 Å². The third-order valence-electron chi connectivity index (χ3n) is 5.44. The van der Waals surface area contributed by atoms with Gasteiger partial charge in [0, 0.05) is 43.3 Å². The number of nitrogens with one attached hydrogen (secondary N) is 1. The molecule has 7 nitrogen and oxygen atoms in total. The van der Waals surface area contributed by atoms with E-state index in [1.807, 2.05) is 18.7 Å². The Balaban J connectivity index is 1.40. The minimum absolute atomic E-state index is 0.185. The van der Waals surface area contributed by atoms with Crippen molar-refractivity contribution in [1.82, 2.24) is 15.2 Å². The summed E-state index contributed by atoms with van der Waals surface area (Å²) in [5, 5.41) is 12.9. The molecule has 2 aromatic heterocycles. The molecule has 1 aliphatic heterocycles. The second-order valence-electron chi connectivity index (χ2n) is 7.36. The fourth-order valence-corrected chi connectivity index (χ4v) is 3.82. The Morgan fingerprint density at radius 1 is 1.30 bits per heavy atom. The van der Waals surface area contributed by atoms with Crippen LogP contribution < -0.4 is 10.2 Å². The van der Waals surface area contributed by atoms with E-state index in [4.69, 9.17) is 4.42 Å². The highest BCUT2D eigenvalue weighted by atomic mass is 19.1. The maximum atomic E-state index is 13.5. The molecular weight excluding hydrogens is 385 g/mol.